The molecule has 0 saturated heterocycles. The number of benzene rings is 2. The number of carbonyl (C=O) groups excluding carboxylic acids is 2. The van der Waals surface area contributed by atoms with Gasteiger partial charge in [0.2, 0.25) is 5.78 Å². The normalized spacial score (nSPS) is 12.0. The highest BCUT2D eigenvalue weighted by molar-refractivity contribution is 6.32. The van der Waals surface area contributed by atoms with Crippen molar-refractivity contribution in [2.24, 2.45) is 0 Å². The van der Waals surface area contributed by atoms with Gasteiger partial charge in [-0.25, -0.2) is 4.79 Å². The molecule has 2 aromatic carbocycles. The Bertz CT molecular complexity index is 963. The first-order valence-electron chi connectivity index (χ1n) is 8.15. The van der Waals surface area contributed by atoms with Crippen molar-refractivity contribution in [2.75, 3.05) is 6.61 Å². The van der Waals surface area contributed by atoms with Crippen LogP contribution in [-0.2, 0) is 9.53 Å². The van der Waals surface area contributed by atoms with E-state index >= 15 is 0 Å². The fraction of sp³-hybridized carbons (Fsp3) is 0.200. The minimum atomic E-state index is -0.921. The molecular weight excluding hydrogens is 354 g/mol. The first-order valence-corrected chi connectivity index (χ1v) is 8.53. The van der Waals surface area contributed by atoms with Crippen molar-refractivity contribution < 1.29 is 19.1 Å². The van der Waals surface area contributed by atoms with Crippen LogP contribution in [0.5, 0.6) is 5.75 Å². The van der Waals surface area contributed by atoms with Gasteiger partial charge in [-0.1, -0.05) is 41.9 Å². The number of ether oxygens (including phenoxy) is 2. The topological polar surface area (TPSA) is 68.4 Å². The Balaban J connectivity index is 1.66. The molecule has 0 aliphatic rings. The van der Waals surface area contributed by atoms with Crippen LogP contribution in [0.4, 0.5) is 0 Å². The second kappa shape index (κ2) is 7.62. The summed E-state index contributed by atoms with van der Waals surface area (Å²) in [6, 6.07) is 14.3. The number of rotatable bonds is 6. The molecule has 5 nitrogen and oxygen atoms in total. The van der Waals surface area contributed by atoms with Crippen LogP contribution in [0.2, 0.25) is 5.02 Å². The smallest absolute Gasteiger partial charge is 0.344 e. The van der Waals surface area contributed by atoms with Gasteiger partial charge < -0.3 is 14.5 Å². The third-order valence-electron chi connectivity index (χ3n) is 4.00. The zero-order valence-corrected chi connectivity index (χ0v) is 15.2. The quantitative estimate of drug-likeness (QED) is 0.517. The van der Waals surface area contributed by atoms with Crippen LogP contribution in [0.25, 0.3) is 10.9 Å². The maximum absolute atomic E-state index is 12.7. The molecule has 0 radical (unpaired) electrons. The van der Waals surface area contributed by atoms with Gasteiger partial charge in [-0.2, -0.15) is 0 Å². The molecule has 6 heteroatoms. The molecule has 26 heavy (non-hydrogen) atoms. The van der Waals surface area contributed by atoms with E-state index < -0.39 is 12.1 Å². The van der Waals surface area contributed by atoms with Crippen LogP contribution in [0.15, 0.2) is 48.5 Å². The van der Waals surface area contributed by atoms with Crippen molar-refractivity contribution in [3.05, 3.63) is 64.8 Å². The number of Topliss-reactive ketones (excluding diaryl/α,β-unsaturated/α-hetero) is 1. The number of H-pyrrole nitrogens is 1. The molecule has 0 unspecified atom stereocenters. The van der Waals surface area contributed by atoms with Gasteiger partial charge in [-0.05, 0) is 32.0 Å². The second-order valence-electron chi connectivity index (χ2n) is 5.89. The molecule has 1 atom stereocenters. The maximum atomic E-state index is 12.7. The van der Waals surface area contributed by atoms with E-state index in [1.807, 2.05) is 31.2 Å². The zero-order chi connectivity index (χ0) is 18.7. The van der Waals surface area contributed by atoms with Gasteiger partial charge in [0.25, 0.3) is 0 Å². The van der Waals surface area contributed by atoms with E-state index in [2.05, 4.69) is 4.98 Å². The highest BCUT2D eigenvalue weighted by atomic mass is 35.5. The van der Waals surface area contributed by atoms with Gasteiger partial charge in [-0.3, -0.25) is 4.79 Å². The van der Waals surface area contributed by atoms with E-state index in [4.69, 9.17) is 21.1 Å². The van der Waals surface area contributed by atoms with Crippen LogP contribution in [-0.4, -0.2) is 29.4 Å². The number of hydrogen-bond acceptors (Lipinski definition) is 4. The molecule has 0 fully saturated rings. The van der Waals surface area contributed by atoms with Crippen molar-refractivity contribution in [3.63, 3.8) is 0 Å². The molecule has 0 amide bonds. The largest absolute Gasteiger partial charge is 0.480 e. The summed E-state index contributed by atoms with van der Waals surface area (Å²) in [6.07, 6.45) is -0.921. The monoisotopic (exact) mass is 371 g/mol. The van der Waals surface area contributed by atoms with E-state index in [9.17, 15) is 9.59 Å². The van der Waals surface area contributed by atoms with Crippen molar-refractivity contribution in [1.29, 1.82) is 0 Å². The lowest BCUT2D eigenvalue weighted by Gasteiger charge is -2.13. The number of aromatic amines is 1. The zero-order valence-electron chi connectivity index (χ0n) is 14.4. The summed E-state index contributed by atoms with van der Waals surface area (Å²) in [4.78, 5) is 27.9. The Labute approximate surface area is 155 Å². The SMILES string of the molecule is Cc1[nH]c2ccccc2c1C(=O)[C@H](C)OC(=O)COc1ccccc1Cl. The molecule has 3 rings (SSSR count). The van der Waals surface area contributed by atoms with Crippen LogP contribution in [0.3, 0.4) is 0 Å². The van der Waals surface area contributed by atoms with Gasteiger partial charge in [-0.15, -0.1) is 0 Å². The number of hydrogen-bond donors (Lipinski definition) is 1. The Morgan fingerprint density at radius 2 is 1.81 bits per heavy atom. The predicted molar refractivity (Wildman–Crippen MR) is 99.9 cm³/mol. The number of aromatic nitrogens is 1. The number of carbonyl (C=O) groups is 2. The van der Waals surface area contributed by atoms with Crippen molar-refractivity contribution in [1.82, 2.24) is 4.98 Å². The lowest BCUT2D eigenvalue weighted by Crippen LogP contribution is -2.27. The number of halogens is 1. The molecule has 0 bridgehead atoms. The summed E-state index contributed by atoms with van der Waals surface area (Å²) in [5, 5.41) is 1.21. The van der Waals surface area contributed by atoms with Crippen LogP contribution >= 0.6 is 11.6 Å². The maximum Gasteiger partial charge on any atom is 0.344 e. The number of fused-ring (bicyclic) bond motifs is 1. The molecule has 1 aromatic heterocycles. The molecule has 0 spiro atoms. The summed E-state index contributed by atoms with van der Waals surface area (Å²) in [5.41, 5.74) is 2.15. The van der Waals surface area contributed by atoms with Gasteiger partial charge >= 0.3 is 5.97 Å². The van der Waals surface area contributed by atoms with Crippen molar-refractivity contribution >= 4 is 34.3 Å². The first-order chi connectivity index (χ1) is 12.5. The van der Waals surface area contributed by atoms with E-state index in [0.717, 1.165) is 16.6 Å². The van der Waals surface area contributed by atoms with Gasteiger partial charge in [0, 0.05) is 22.2 Å². The Morgan fingerprint density at radius 1 is 1.12 bits per heavy atom. The Hall–Kier alpha value is -2.79. The second-order valence-corrected chi connectivity index (χ2v) is 6.29. The lowest BCUT2D eigenvalue weighted by molar-refractivity contribution is -0.148. The molecule has 1 heterocycles. The average Bonchev–Trinajstić information content (AvgIpc) is 2.96. The number of ketones is 1. The van der Waals surface area contributed by atoms with Crippen molar-refractivity contribution in [2.45, 2.75) is 20.0 Å². The predicted octanol–water partition coefficient (Wildman–Crippen LogP) is 4.32. The van der Waals surface area contributed by atoms with E-state index in [-0.39, 0.29) is 12.4 Å². The third-order valence-corrected chi connectivity index (χ3v) is 4.31. The molecule has 0 saturated carbocycles. The van der Waals surface area contributed by atoms with Crippen LogP contribution < -0.4 is 4.74 Å². The summed E-state index contributed by atoms with van der Waals surface area (Å²) >= 11 is 5.97. The molecule has 0 aliphatic carbocycles. The fourth-order valence-electron chi connectivity index (χ4n) is 2.78. The minimum absolute atomic E-state index is 0.258. The Morgan fingerprint density at radius 3 is 2.58 bits per heavy atom. The highest BCUT2D eigenvalue weighted by Gasteiger charge is 2.24. The molecule has 0 aliphatic heterocycles. The van der Waals surface area contributed by atoms with Gasteiger partial charge in [0.15, 0.2) is 12.7 Å². The molecule has 3 aromatic rings. The molecule has 1 N–H and O–H groups in total. The number of para-hydroxylation sites is 2. The summed E-state index contributed by atoms with van der Waals surface area (Å²) in [6.45, 7) is 3.05. The van der Waals surface area contributed by atoms with Crippen LogP contribution in [0, 0.1) is 6.92 Å². The highest BCUT2D eigenvalue weighted by Crippen LogP contribution is 2.25. The Kier molecular flexibility index (Phi) is 5.28. The number of esters is 1. The standard InChI is InChI=1S/C20H18ClNO4/c1-12-19(14-7-3-5-9-16(14)22-12)20(24)13(2)26-18(23)11-25-17-10-6-4-8-15(17)21/h3-10,13,22H,11H2,1-2H3/t13-/m0/s1. The van der Waals surface area contributed by atoms with E-state index in [1.165, 1.54) is 0 Å². The third kappa shape index (κ3) is 3.73. The molecule has 134 valence electrons. The fourth-order valence-corrected chi connectivity index (χ4v) is 2.97. The van der Waals surface area contributed by atoms with E-state index in [0.29, 0.717) is 16.3 Å². The first kappa shape index (κ1) is 18.0. The van der Waals surface area contributed by atoms with Crippen LogP contribution in [0.1, 0.15) is 23.0 Å². The summed E-state index contributed by atoms with van der Waals surface area (Å²) in [5.74, 6) is -0.508. The average molecular weight is 372 g/mol. The minimum Gasteiger partial charge on any atom is -0.480 e. The number of nitrogens with one attached hydrogen (secondary N) is 1. The van der Waals surface area contributed by atoms with Gasteiger partial charge in [0.05, 0.1) is 5.02 Å². The van der Waals surface area contributed by atoms with Gasteiger partial charge in [0.1, 0.15) is 5.75 Å². The lowest BCUT2D eigenvalue weighted by atomic mass is 10.0. The summed E-state index contributed by atoms with van der Waals surface area (Å²) < 4.78 is 10.6. The van der Waals surface area contributed by atoms with E-state index in [1.54, 1.807) is 31.2 Å². The van der Waals surface area contributed by atoms with Crippen molar-refractivity contribution in [3.8, 4) is 5.75 Å². The summed E-state index contributed by atoms with van der Waals surface area (Å²) in [7, 11) is 0. The number of aryl methyl sites for hydroxylation is 1. The molecular formula is C20H18ClNO4.